The van der Waals surface area contributed by atoms with Crippen LogP contribution in [0.1, 0.15) is 49.5 Å². The number of likely N-dealkylation sites (tertiary alicyclic amines) is 2. The summed E-state index contributed by atoms with van der Waals surface area (Å²) in [7, 11) is 0. The molecule has 186 valence electrons. The number of hydrogen-bond acceptors (Lipinski definition) is 5. The number of rotatable bonds is 6. The monoisotopic (exact) mass is 585 g/mol. The van der Waals surface area contributed by atoms with Gasteiger partial charge in [0.05, 0.1) is 18.3 Å². The number of aliphatic imine (C=N–C) groups is 1. The van der Waals surface area contributed by atoms with Crippen molar-refractivity contribution in [3.8, 4) is 0 Å². The maximum Gasteiger partial charge on any atom is 0.219 e. The largest absolute Gasteiger partial charge is 0.365 e. The lowest BCUT2D eigenvalue weighted by molar-refractivity contribution is -0.128. The number of halogens is 3. The molecular formula is C25H34F2IN5O. The van der Waals surface area contributed by atoms with Gasteiger partial charge >= 0.3 is 0 Å². The Morgan fingerprint density at radius 1 is 1.24 bits per heavy atom. The molecule has 1 aromatic carbocycles. The smallest absolute Gasteiger partial charge is 0.219 e. The van der Waals surface area contributed by atoms with E-state index in [4.69, 9.17) is 4.99 Å². The topological polar surface area (TPSA) is 60.0 Å². The predicted molar refractivity (Wildman–Crippen MR) is 141 cm³/mol. The van der Waals surface area contributed by atoms with Gasteiger partial charge in [0.2, 0.25) is 5.91 Å². The summed E-state index contributed by atoms with van der Waals surface area (Å²) in [6.07, 6.45) is 2.69. The Kier molecular flexibility index (Phi) is 7.89. The molecule has 0 bridgehead atoms. The number of benzene rings is 1. The van der Waals surface area contributed by atoms with Gasteiger partial charge in [-0.2, -0.15) is 0 Å². The van der Waals surface area contributed by atoms with Crippen molar-refractivity contribution in [2.24, 2.45) is 10.9 Å². The van der Waals surface area contributed by atoms with Gasteiger partial charge in [-0.1, -0.05) is 10.6 Å². The SMILES string of the molecule is C=I[C@@H](c1ccc(F)cc1F)C1CCN(C2=C(NC(C)C)N=C3CN(C(C)=O)CCC3N2)CC1. The summed E-state index contributed by atoms with van der Waals surface area (Å²) in [5.41, 5.74) is 1.61. The Balaban J connectivity index is 1.51. The second kappa shape index (κ2) is 10.7. The summed E-state index contributed by atoms with van der Waals surface area (Å²) in [6.45, 7) is 8.76. The zero-order valence-electron chi connectivity index (χ0n) is 20.1. The number of hydrogen-bond donors (Lipinski definition) is 2. The molecule has 2 saturated heterocycles. The van der Waals surface area contributed by atoms with Crippen LogP contribution in [0, 0.1) is 17.6 Å². The molecule has 3 aliphatic heterocycles. The molecule has 1 amide bonds. The van der Waals surface area contributed by atoms with Gasteiger partial charge in [-0.25, -0.2) is 13.8 Å². The van der Waals surface area contributed by atoms with Crippen LogP contribution in [0.4, 0.5) is 8.78 Å². The second-order valence-corrected chi connectivity index (χ2v) is 11.8. The first-order valence-electron chi connectivity index (χ1n) is 11.9. The maximum absolute atomic E-state index is 14.5. The molecule has 0 radical (unpaired) electrons. The first kappa shape index (κ1) is 25.1. The highest BCUT2D eigenvalue weighted by atomic mass is 127. The lowest BCUT2D eigenvalue weighted by Crippen LogP contribution is -2.56. The Morgan fingerprint density at radius 3 is 2.59 bits per heavy atom. The van der Waals surface area contributed by atoms with E-state index in [-0.39, 0.29) is 21.9 Å². The fraction of sp³-hybridized carbons (Fsp3) is 0.560. The van der Waals surface area contributed by atoms with E-state index in [1.165, 1.54) is 6.07 Å². The van der Waals surface area contributed by atoms with Crippen molar-refractivity contribution in [1.29, 1.82) is 0 Å². The molecule has 4 rings (SSSR count). The molecule has 1 aromatic rings. The zero-order chi connectivity index (χ0) is 24.4. The Labute approximate surface area is 210 Å². The Hall–Kier alpha value is -2.04. The average molecular weight is 585 g/mol. The molecule has 3 heterocycles. The highest BCUT2D eigenvalue weighted by molar-refractivity contribution is 14.2. The van der Waals surface area contributed by atoms with Crippen LogP contribution in [0.5, 0.6) is 0 Å². The summed E-state index contributed by atoms with van der Waals surface area (Å²) in [5.74, 6) is 1.28. The van der Waals surface area contributed by atoms with E-state index in [1.807, 2.05) is 4.90 Å². The first-order chi connectivity index (χ1) is 16.3. The van der Waals surface area contributed by atoms with Gasteiger partial charge in [0.25, 0.3) is 0 Å². The molecule has 9 heteroatoms. The summed E-state index contributed by atoms with van der Waals surface area (Å²) in [5, 5.41) is 7.20. The summed E-state index contributed by atoms with van der Waals surface area (Å²) < 4.78 is 32.2. The molecule has 0 aliphatic carbocycles. The molecule has 2 fully saturated rings. The highest BCUT2D eigenvalue weighted by Gasteiger charge is 2.35. The summed E-state index contributed by atoms with van der Waals surface area (Å²) >= 11 is -0.486. The van der Waals surface area contributed by atoms with Crippen molar-refractivity contribution >= 4 is 36.9 Å². The lowest BCUT2D eigenvalue weighted by atomic mass is 9.89. The van der Waals surface area contributed by atoms with Gasteiger partial charge in [0.15, 0.2) is 5.82 Å². The van der Waals surface area contributed by atoms with Crippen LogP contribution in [-0.2, 0) is 4.79 Å². The third-order valence-corrected chi connectivity index (χ3v) is 9.44. The van der Waals surface area contributed by atoms with Gasteiger partial charge < -0.3 is 20.4 Å². The van der Waals surface area contributed by atoms with Crippen LogP contribution in [0.15, 0.2) is 34.8 Å². The third-order valence-electron chi connectivity index (χ3n) is 6.80. The second-order valence-electron chi connectivity index (χ2n) is 9.57. The van der Waals surface area contributed by atoms with Gasteiger partial charge in [0.1, 0.15) is 17.5 Å². The van der Waals surface area contributed by atoms with Gasteiger partial charge in [-0.3, -0.25) is 4.79 Å². The number of nitrogens with zero attached hydrogens (tertiary/aromatic N) is 3. The van der Waals surface area contributed by atoms with Crippen LogP contribution in [0.25, 0.3) is 0 Å². The van der Waals surface area contributed by atoms with E-state index < -0.39 is 32.4 Å². The molecule has 0 aromatic heterocycles. The molecule has 3 aliphatic rings. The molecule has 0 saturated carbocycles. The molecule has 6 nitrogen and oxygen atoms in total. The minimum absolute atomic E-state index is 0.0803. The van der Waals surface area contributed by atoms with Crippen molar-refractivity contribution < 1.29 is 13.6 Å². The van der Waals surface area contributed by atoms with Crippen molar-refractivity contribution in [3.63, 3.8) is 0 Å². The fourth-order valence-corrected chi connectivity index (χ4v) is 7.44. The van der Waals surface area contributed by atoms with E-state index in [9.17, 15) is 13.6 Å². The third kappa shape index (κ3) is 5.44. The molecular weight excluding hydrogens is 551 g/mol. The van der Waals surface area contributed by atoms with Crippen LogP contribution in [-0.4, -0.2) is 64.2 Å². The predicted octanol–water partition coefficient (Wildman–Crippen LogP) is 3.91. The number of amides is 1. The highest BCUT2D eigenvalue weighted by Crippen LogP contribution is 2.42. The first-order valence-corrected chi connectivity index (χ1v) is 14.7. The van der Waals surface area contributed by atoms with Crippen LogP contribution < -0.4 is 10.6 Å². The Bertz CT molecular complexity index is 1000. The van der Waals surface area contributed by atoms with Gasteiger partial charge in [-0.05, 0) is 45.1 Å². The molecule has 2 atom stereocenters. The Morgan fingerprint density at radius 2 is 1.97 bits per heavy atom. The van der Waals surface area contributed by atoms with Gasteiger partial charge in [-0.15, -0.1) is 20.7 Å². The van der Waals surface area contributed by atoms with Crippen LogP contribution in [0.3, 0.4) is 0 Å². The number of piperidine rings is 2. The molecule has 0 spiro atoms. The maximum atomic E-state index is 14.5. The van der Waals surface area contributed by atoms with E-state index >= 15 is 0 Å². The number of carbonyl (C=O) groups is 1. The lowest BCUT2D eigenvalue weighted by Gasteiger charge is -2.43. The standard InChI is InChI=1S/C25H34F2IN5O/c1-15(2)29-24-25(31-21-9-12-33(16(3)34)14-22(21)30-24)32-10-7-17(8-11-32)23(28-4)19-6-5-18(26)13-20(19)27/h5-6,13,15,17,21,23,29,31H,4,7-12,14H2,1-3H3/t21?,23-/m1/s1. The number of nitrogens with one attached hydrogen (secondary N) is 2. The van der Waals surface area contributed by atoms with E-state index in [2.05, 4.69) is 33.9 Å². The van der Waals surface area contributed by atoms with Gasteiger partial charge in [0, 0.05) is 48.2 Å². The summed E-state index contributed by atoms with van der Waals surface area (Å²) in [6, 6.07) is 4.30. The van der Waals surface area contributed by atoms with Crippen LogP contribution in [0.2, 0.25) is 0 Å². The normalized spacial score (nSPS) is 22.3. The molecule has 2 N–H and O–H groups in total. The van der Waals surface area contributed by atoms with Crippen molar-refractivity contribution in [3.05, 3.63) is 47.0 Å². The van der Waals surface area contributed by atoms with E-state index in [1.54, 1.807) is 13.0 Å². The summed E-state index contributed by atoms with van der Waals surface area (Å²) in [4.78, 5) is 21.0. The molecule has 1 unspecified atom stereocenters. The molecule has 34 heavy (non-hydrogen) atoms. The zero-order valence-corrected chi connectivity index (χ0v) is 22.2. The number of carbonyl (C=O) groups excluding carboxylic acids is 1. The van der Waals surface area contributed by atoms with Crippen molar-refractivity contribution in [2.45, 2.75) is 56.0 Å². The number of alkyl halides is 1. The van der Waals surface area contributed by atoms with E-state index in [0.717, 1.165) is 62.3 Å². The number of fused-ring (bicyclic) bond motifs is 1. The van der Waals surface area contributed by atoms with Crippen LogP contribution >= 0.6 is 20.7 Å². The quantitative estimate of drug-likeness (QED) is 0.393. The minimum Gasteiger partial charge on any atom is -0.365 e. The fourth-order valence-electron chi connectivity index (χ4n) is 5.02. The van der Waals surface area contributed by atoms with Crippen molar-refractivity contribution in [1.82, 2.24) is 20.4 Å². The minimum atomic E-state index is -0.536. The van der Waals surface area contributed by atoms with E-state index in [0.29, 0.717) is 18.0 Å². The van der Waals surface area contributed by atoms with Crippen molar-refractivity contribution in [2.75, 3.05) is 26.2 Å². The average Bonchev–Trinajstić information content (AvgIpc) is 2.80.